The van der Waals surface area contributed by atoms with Crippen LogP contribution in [-0.2, 0) is 9.47 Å². The summed E-state index contributed by atoms with van der Waals surface area (Å²) in [5.41, 5.74) is 2.10. The number of hydrogen-bond acceptors (Lipinski definition) is 5. The molecule has 0 fully saturated rings. The molecule has 1 aliphatic rings. The molecule has 6 heteroatoms. The van der Waals surface area contributed by atoms with Crippen LogP contribution in [0.1, 0.15) is 12.8 Å². The van der Waals surface area contributed by atoms with Gasteiger partial charge in [-0.25, -0.2) is 0 Å². The van der Waals surface area contributed by atoms with Crippen molar-refractivity contribution in [3.8, 4) is 5.75 Å². The summed E-state index contributed by atoms with van der Waals surface area (Å²) in [7, 11) is 1.65. The van der Waals surface area contributed by atoms with Crippen molar-refractivity contribution >= 4 is 21.8 Å². The summed E-state index contributed by atoms with van der Waals surface area (Å²) in [6.45, 7) is 1.78. The molecule has 0 saturated heterocycles. The maximum Gasteiger partial charge on any atom is 0.156 e. The van der Waals surface area contributed by atoms with E-state index in [1.807, 2.05) is 42.5 Å². The van der Waals surface area contributed by atoms with E-state index >= 15 is 0 Å². The van der Waals surface area contributed by atoms with Gasteiger partial charge in [0.1, 0.15) is 25.1 Å². The normalized spacial score (nSPS) is 15.0. The SMILES string of the molecule is COC1=CCCC=C1OCCNCC(O)COc1cccc2[nH]c3ccccc3c12. The number of rotatable bonds is 10. The second-order valence-electron chi connectivity index (χ2n) is 7.28. The molecule has 2 aromatic carbocycles. The molecule has 6 nitrogen and oxygen atoms in total. The zero-order chi connectivity index (χ0) is 20.8. The number of benzene rings is 2. The minimum atomic E-state index is -0.617. The second kappa shape index (κ2) is 9.69. The zero-order valence-corrected chi connectivity index (χ0v) is 17.2. The van der Waals surface area contributed by atoms with Crippen LogP contribution in [0.3, 0.4) is 0 Å². The van der Waals surface area contributed by atoms with E-state index < -0.39 is 6.10 Å². The topological polar surface area (TPSA) is 75.7 Å². The highest BCUT2D eigenvalue weighted by molar-refractivity contribution is 6.10. The Labute approximate surface area is 176 Å². The maximum atomic E-state index is 10.3. The van der Waals surface area contributed by atoms with Crippen molar-refractivity contribution in [1.29, 1.82) is 0 Å². The fraction of sp³-hybridized carbons (Fsp3) is 0.333. The van der Waals surface area contributed by atoms with E-state index in [4.69, 9.17) is 14.2 Å². The Kier molecular flexibility index (Phi) is 6.57. The van der Waals surface area contributed by atoms with Gasteiger partial charge in [0, 0.05) is 29.4 Å². The third-order valence-electron chi connectivity index (χ3n) is 5.13. The molecule has 0 bridgehead atoms. The summed E-state index contributed by atoms with van der Waals surface area (Å²) in [5, 5.41) is 15.7. The number of aromatic nitrogens is 1. The van der Waals surface area contributed by atoms with Crippen molar-refractivity contribution < 1.29 is 19.3 Å². The summed E-state index contributed by atoms with van der Waals surface area (Å²) in [5.74, 6) is 2.36. The van der Waals surface area contributed by atoms with Gasteiger partial charge in [0.25, 0.3) is 0 Å². The number of fused-ring (bicyclic) bond motifs is 3. The summed E-state index contributed by atoms with van der Waals surface area (Å²) in [6, 6.07) is 14.1. The van der Waals surface area contributed by atoms with Gasteiger partial charge in [-0.2, -0.15) is 0 Å². The predicted octanol–water partition coefficient (Wildman–Crippen LogP) is 3.88. The van der Waals surface area contributed by atoms with Gasteiger partial charge in [0.2, 0.25) is 0 Å². The minimum absolute atomic E-state index is 0.216. The lowest BCUT2D eigenvalue weighted by Crippen LogP contribution is -2.33. The van der Waals surface area contributed by atoms with Gasteiger partial charge in [0.15, 0.2) is 11.5 Å². The quantitative estimate of drug-likeness (QED) is 0.444. The number of hydrogen-bond donors (Lipinski definition) is 3. The van der Waals surface area contributed by atoms with Gasteiger partial charge in [0.05, 0.1) is 12.6 Å². The van der Waals surface area contributed by atoms with Crippen LogP contribution in [-0.4, -0.2) is 49.6 Å². The van der Waals surface area contributed by atoms with Crippen LogP contribution in [0.2, 0.25) is 0 Å². The van der Waals surface area contributed by atoms with E-state index in [0.29, 0.717) is 19.7 Å². The lowest BCUT2D eigenvalue weighted by Gasteiger charge is -2.17. The van der Waals surface area contributed by atoms with Gasteiger partial charge in [-0.05, 0) is 43.2 Å². The van der Waals surface area contributed by atoms with E-state index in [-0.39, 0.29) is 6.61 Å². The number of para-hydroxylation sites is 1. The number of nitrogens with one attached hydrogen (secondary N) is 2. The number of H-pyrrole nitrogens is 1. The molecule has 158 valence electrons. The van der Waals surface area contributed by atoms with Crippen molar-refractivity contribution in [2.24, 2.45) is 0 Å². The molecule has 1 aliphatic carbocycles. The van der Waals surface area contributed by atoms with E-state index in [9.17, 15) is 5.11 Å². The smallest absolute Gasteiger partial charge is 0.156 e. The Morgan fingerprint density at radius 1 is 1.00 bits per heavy atom. The highest BCUT2D eigenvalue weighted by atomic mass is 16.5. The van der Waals surface area contributed by atoms with Gasteiger partial charge < -0.3 is 29.6 Å². The van der Waals surface area contributed by atoms with Crippen LogP contribution in [0.25, 0.3) is 21.8 Å². The zero-order valence-electron chi connectivity index (χ0n) is 17.2. The summed E-state index contributed by atoms with van der Waals surface area (Å²) in [6.07, 6.45) is 5.42. The molecular formula is C24H28N2O4. The number of aliphatic hydroxyl groups is 1. The number of aromatic amines is 1. The van der Waals surface area contributed by atoms with Crippen molar-refractivity contribution in [3.05, 3.63) is 66.1 Å². The van der Waals surface area contributed by atoms with Crippen LogP contribution in [0.5, 0.6) is 5.75 Å². The lowest BCUT2D eigenvalue weighted by molar-refractivity contribution is 0.104. The Bertz CT molecular complexity index is 1050. The van der Waals surface area contributed by atoms with Crippen LogP contribution in [0, 0.1) is 0 Å². The fourth-order valence-electron chi connectivity index (χ4n) is 3.68. The van der Waals surface area contributed by atoms with Crippen LogP contribution < -0.4 is 10.1 Å². The summed E-state index contributed by atoms with van der Waals surface area (Å²) >= 11 is 0. The predicted molar refractivity (Wildman–Crippen MR) is 119 cm³/mol. The Morgan fingerprint density at radius 3 is 2.67 bits per heavy atom. The first-order valence-corrected chi connectivity index (χ1v) is 10.3. The van der Waals surface area contributed by atoms with E-state index in [2.05, 4.69) is 22.4 Å². The molecule has 30 heavy (non-hydrogen) atoms. The first-order valence-electron chi connectivity index (χ1n) is 10.3. The third kappa shape index (κ3) is 4.61. The number of ether oxygens (including phenoxy) is 3. The first-order chi connectivity index (χ1) is 14.8. The molecule has 3 N–H and O–H groups in total. The number of allylic oxidation sites excluding steroid dienone is 2. The number of aliphatic hydroxyl groups excluding tert-OH is 1. The first kappa shape index (κ1) is 20.3. The minimum Gasteiger partial charge on any atom is -0.493 e. The Morgan fingerprint density at radius 2 is 1.80 bits per heavy atom. The highest BCUT2D eigenvalue weighted by Crippen LogP contribution is 2.32. The molecule has 0 spiro atoms. The van der Waals surface area contributed by atoms with E-state index in [1.165, 1.54) is 0 Å². The van der Waals surface area contributed by atoms with Gasteiger partial charge in [-0.1, -0.05) is 24.3 Å². The largest absolute Gasteiger partial charge is 0.493 e. The summed E-state index contributed by atoms with van der Waals surface area (Å²) in [4.78, 5) is 3.40. The molecule has 1 heterocycles. The standard InChI is InChI=1S/C24H28N2O4/c1-28-21-10-4-5-11-22(21)29-14-13-25-15-17(27)16-30-23-12-6-9-20-24(23)18-7-2-3-8-19(18)26-20/h2-3,6-12,17,25-27H,4-5,13-16H2,1H3. The lowest BCUT2D eigenvalue weighted by atomic mass is 10.1. The highest BCUT2D eigenvalue weighted by Gasteiger charge is 2.12. The van der Waals surface area contributed by atoms with Crippen LogP contribution in [0.15, 0.2) is 66.1 Å². The average molecular weight is 408 g/mol. The Balaban J connectivity index is 1.24. The van der Waals surface area contributed by atoms with Crippen molar-refractivity contribution in [2.75, 3.05) is 33.4 Å². The third-order valence-corrected chi connectivity index (χ3v) is 5.13. The molecule has 0 amide bonds. The van der Waals surface area contributed by atoms with E-state index in [1.54, 1.807) is 7.11 Å². The number of methoxy groups -OCH3 is 1. The molecule has 0 aliphatic heterocycles. The molecule has 0 radical (unpaired) electrons. The molecule has 4 rings (SSSR count). The maximum absolute atomic E-state index is 10.3. The van der Waals surface area contributed by atoms with Crippen LogP contribution in [0.4, 0.5) is 0 Å². The van der Waals surface area contributed by atoms with Gasteiger partial charge in [-0.3, -0.25) is 0 Å². The average Bonchev–Trinajstić information content (AvgIpc) is 3.17. The van der Waals surface area contributed by atoms with Crippen molar-refractivity contribution in [2.45, 2.75) is 18.9 Å². The molecule has 0 saturated carbocycles. The molecule has 1 atom stereocenters. The molecule has 3 aromatic rings. The van der Waals surface area contributed by atoms with E-state index in [0.717, 1.165) is 51.9 Å². The monoisotopic (exact) mass is 408 g/mol. The van der Waals surface area contributed by atoms with Crippen LogP contribution >= 0.6 is 0 Å². The molecule has 1 aromatic heterocycles. The van der Waals surface area contributed by atoms with Crippen molar-refractivity contribution in [1.82, 2.24) is 10.3 Å². The molecular weight excluding hydrogens is 380 g/mol. The summed E-state index contributed by atoms with van der Waals surface area (Å²) < 4.78 is 17.0. The molecule has 1 unspecified atom stereocenters. The second-order valence-corrected chi connectivity index (χ2v) is 7.28. The Hall–Kier alpha value is -2.96. The van der Waals surface area contributed by atoms with Gasteiger partial charge in [-0.15, -0.1) is 0 Å². The fourth-order valence-corrected chi connectivity index (χ4v) is 3.68. The van der Waals surface area contributed by atoms with Crippen molar-refractivity contribution in [3.63, 3.8) is 0 Å². The van der Waals surface area contributed by atoms with Gasteiger partial charge >= 0.3 is 0 Å².